The Bertz CT molecular complexity index is 1290. The summed E-state index contributed by atoms with van der Waals surface area (Å²) < 4.78 is 15.7. The molecule has 1 aromatic carbocycles. The van der Waals surface area contributed by atoms with Gasteiger partial charge < -0.3 is 5.32 Å². The summed E-state index contributed by atoms with van der Waals surface area (Å²) in [6.45, 7) is 1.91. The summed E-state index contributed by atoms with van der Waals surface area (Å²) >= 11 is 2.52. The van der Waals surface area contributed by atoms with E-state index < -0.39 is 11.8 Å². The smallest absolute Gasteiger partial charge is 0.305 e. The number of hydrogen-bond acceptors (Lipinski definition) is 7. The van der Waals surface area contributed by atoms with Crippen LogP contribution >= 0.6 is 23.1 Å². The molecule has 11 heteroatoms. The van der Waals surface area contributed by atoms with E-state index in [0.29, 0.717) is 21.4 Å². The number of nitrogens with one attached hydrogen (secondary N) is 2. The predicted octanol–water partition coefficient (Wildman–Crippen LogP) is 3.93. The zero-order chi connectivity index (χ0) is 21.1. The topological polar surface area (TPSA) is 101 Å². The molecule has 0 radical (unpaired) electrons. The number of pyridine rings is 1. The first kappa shape index (κ1) is 20.0. The SMILES string of the molecule is Cc1ccc2nc(CSc3nnc(NC(=O)Nc4ccccc4F)s3)cc(=O)n2c1. The Balaban J connectivity index is 1.38. The molecule has 0 aliphatic heterocycles. The number of rotatable bonds is 5. The van der Waals surface area contributed by atoms with E-state index in [0.717, 1.165) is 5.56 Å². The third-order valence-corrected chi connectivity index (χ3v) is 5.96. The van der Waals surface area contributed by atoms with E-state index in [-0.39, 0.29) is 16.4 Å². The number of hydrogen-bond donors (Lipinski definition) is 2. The first-order valence-corrected chi connectivity index (χ1v) is 10.6. The van der Waals surface area contributed by atoms with E-state index in [2.05, 4.69) is 25.8 Å². The van der Waals surface area contributed by atoms with Crippen molar-refractivity contribution in [1.29, 1.82) is 0 Å². The van der Waals surface area contributed by atoms with Crippen molar-refractivity contribution >= 4 is 45.6 Å². The maximum absolute atomic E-state index is 13.6. The fraction of sp³-hybridized carbons (Fsp3) is 0.105. The number of urea groups is 1. The monoisotopic (exact) mass is 442 g/mol. The van der Waals surface area contributed by atoms with Crippen LogP contribution in [0, 0.1) is 12.7 Å². The molecule has 0 atom stereocenters. The molecule has 0 spiro atoms. The number of thioether (sulfide) groups is 1. The molecular weight excluding hydrogens is 427 g/mol. The molecule has 0 unspecified atom stereocenters. The van der Waals surface area contributed by atoms with Gasteiger partial charge in [0.2, 0.25) is 5.13 Å². The van der Waals surface area contributed by atoms with Crippen LogP contribution in [0.3, 0.4) is 0 Å². The van der Waals surface area contributed by atoms with Crippen LogP contribution in [0.1, 0.15) is 11.3 Å². The van der Waals surface area contributed by atoms with Gasteiger partial charge in [-0.05, 0) is 30.7 Å². The van der Waals surface area contributed by atoms with Crippen molar-refractivity contribution in [2.45, 2.75) is 17.0 Å². The van der Waals surface area contributed by atoms with E-state index in [1.807, 2.05) is 13.0 Å². The lowest BCUT2D eigenvalue weighted by Gasteiger charge is -2.05. The minimum absolute atomic E-state index is 0.0676. The highest BCUT2D eigenvalue weighted by molar-refractivity contribution is 8.00. The molecule has 2 N–H and O–H groups in total. The van der Waals surface area contributed by atoms with Crippen molar-refractivity contribution < 1.29 is 9.18 Å². The Kier molecular flexibility index (Phi) is 5.72. The van der Waals surface area contributed by atoms with Crippen molar-refractivity contribution in [2.75, 3.05) is 10.6 Å². The molecule has 0 bridgehead atoms. The summed E-state index contributed by atoms with van der Waals surface area (Å²) in [5, 5.41) is 13.1. The molecule has 30 heavy (non-hydrogen) atoms. The Morgan fingerprint density at radius 1 is 1.20 bits per heavy atom. The Morgan fingerprint density at radius 2 is 2.03 bits per heavy atom. The van der Waals surface area contributed by atoms with E-state index in [1.54, 1.807) is 18.3 Å². The van der Waals surface area contributed by atoms with Gasteiger partial charge in [0.1, 0.15) is 11.5 Å². The normalized spacial score (nSPS) is 10.9. The molecule has 0 aliphatic rings. The second-order valence-electron chi connectivity index (χ2n) is 6.24. The van der Waals surface area contributed by atoms with Gasteiger partial charge in [-0.1, -0.05) is 41.3 Å². The number of aromatic nitrogens is 4. The Morgan fingerprint density at radius 3 is 2.87 bits per heavy atom. The molecule has 4 aromatic rings. The van der Waals surface area contributed by atoms with Crippen LogP contribution in [0.15, 0.2) is 57.8 Å². The standard InChI is InChI=1S/C19H15FN6O2S2/c1-11-6-7-15-21-12(8-16(27)26(15)9-11)10-29-19-25-24-18(30-19)23-17(28)22-14-5-3-2-4-13(14)20/h2-9H,10H2,1H3,(H2,22,23,24,28). The molecule has 4 rings (SSSR count). The van der Waals surface area contributed by atoms with E-state index >= 15 is 0 Å². The highest BCUT2D eigenvalue weighted by Crippen LogP contribution is 2.28. The van der Waals surface area contributed by atoms with Crippen molar-refractivity contribution in [3.05, 3.63) is 76.1 Å². The van der Waals surface area contributed by atoms with Gasteiger partial charge in [0, 0.05) is 18.0 Å². The number of halogens is 1. The number of amides is 2. The Hall–Kier alpha value is -3.31. The third kappa shape index (κ3) is 4.63. The molecule has 3 heterocycles. The van der Waals surface area contributed by atoms with Crippen LogP contribution < -0.4 is 16.2 Å². The lowest BCUT2D eigenvalue weighted by molar-refractivity contribution is 0.262. The number of carbonyl (C=O) groups excluding carboxylic acids is 1. The third-order valence-electron chi connectivity index (χ3n) is 3.95. The minimum Gasteiger partial charge on any atom is -0.305 e. The predicted molar refractivity (Wildman–Crippen MR) is 115 cm³/mol. The van der Waals surface area contributed by atoms with Crippen molar-refractivity contribution in [3.8, 4) is 0 Å². The molecule has 0 aliphatic carbocycles. The fourth-order valence-electron chi connectivity index (χ4n) is 2.60. The number of aryl methyl sites for hydroxylation is 1. The zero-order valence-electron chi connectivity index (χ0n) is 15.6. The van der Waals surface area contributed by atoms with Crippen LogP contribution in [0.25, 0.3) is 5.65 Å². The first-order valence-electron chi connectivity index (χ1n) is 8.76. The minimum atomic E-state index is -0.618. The number of carbonyl (C=O) groups is 1. The number of benzene rings is 1. The van der Waals surface area contributed by atoms with Gasteiger partial charge >= 0.3 is 6.03 Å². The van der Waals surface area contributed by atoms with Crippen molar-refractivity contribution in [2.24, 2.45) is 0 Å². The average Bonchev–Trinajstić information content (AvgIpc) is 3.16. The van der Waals surface area contributed by atoms with Crippen LogP contribution in [0.5, 0.6) is 0 Å². The van der Waals surface area contributed by atoms with Gasteiger partial charge in [-0.3, -0.25) is 14.5 Å². The lowest BCUT2D eigenvalue weighted by Crippen LogP contribution is -2.19. The highest BCUT2D eigenvalue weighted by atomic mass is 32.2. The molecule has 152 valence electrons. The lowest BCUT2D eigenvalue weighted by atomic mass is 10.3. The maximum Gasteiger partial charge on any atom is 0.325 e. The summed E-state index contributed by atoms with van der Waals surface area (Å²) in [6.07, 6.45) is 1.75. The van der Waals surface area contributed by atoms with Gasteiger partial charge in [0.05, 0.1) is 11.4 Å². The van der Waals surface area contributed by atoms with Crippen LogP contribution in [-0.4, -0.2) is 25.6 Å². The number of fused-ring (bicyclic) bond motifs is 1. The summed E-state index contributed by atoms with van der Waals surface area (Å²) in [6, 6.07) is 10.4. The summed E-state index contributed by atoms with van der Waals surface area (Å²) in [4.78, 5) is 28.8. The van der Waals surface area contributed by atoms with Gasteiger partial charge in [-0.2, -0.15) is 0 Å². The van der Waals surface area contributed by atoms with Crippen LogP contribution in [-0.2, 0) is 5.75 Å². The average molecular weight is 443 g/mol. The maximum atomic E-state index is 13.6. The summed E-state index contributed by atoms with van der Waals surface area (Å²) in [5.41, 5.74) is 2.09. The quantitative estimate of drug-likeness (QED) is 0.359. The van der Waals surface area contributed by atoms with Gasteiger partial charge in [0.25, 0.3) is 5.56 Å². The second-order valence-corrected chi connectivity index (χ2v) is 8.44. The Labute approximate surface area is 178 Å². The molecule has 3 aromatic heterocycles. The number of para-hydroxylation sites is 1. The highest BCUT2D eigenvalue weighted by Gasteiger charge is 2.11. The van der Waals surface area contributed by atoms with Crippen LogP contribution in [0.4, 0.5) is 20.0 Å². The van der Waals surface area contributed by atoms with Crippen molar-refractivity contribution in [3.63, 3.8) is 0 Å². The summed E-state index contributed by atoms with van der Waals surface area (Å²) in [5.74, 6) is -0.106. The molecular formula is C19H15FN6O2S2. The van der Waals surface area contributed by atoms with Gasteiger partial charge in [-0.25, -0.2) is 14.2 Å². The number of anilines is 2. The van der Waals surface area contributed by atoms with E-state index in [4.69, 9.17) is 0 Å². The second kappa shape index (κ2) is 8.59. The molecule has 0 saturated carbocycles. The molecule has 2 amide bonds. The van der Waals surface area contributed by atoms with E-state index in [9.17, 15) is 14.0 Å². The zero-order valence-corrected chi connectivity index (χ0v) is 17.3. The van der Waals surface area contributed by atoms with Gasteiger partial charge in [0.15, 0.2) is 4.34 Å². The molecule has 8 nitrogen and oxygen atoms in total. The first-order chi connectivity index (χ1) is 14.5. The summed E-state index contributed by atoms with van der Waals surface area (Å²) in [7, 11) is 0. The van der Waals surface area contributed by atoms with Crippen molar-refractivity contribution in [1.82, 2.24) is 19.6 Å². The van der Waals surface area contributed by atoms with E-state index in [1.165, 1.54) is 51.8 Å². The van der Waals surface area contributed by atoms with Gasteiger partial charge in [-0.15, -0.1) is 10.2 Å². The molecule has 0 fully saturated rings. The van der Waals surface area contributed by atoms with Crippen LogP contribution in [0.2, 0.25) is 0 Å². The largest absolute Gasteiger partial charge is 0.325 e. The fourth-order valence-corrected chi connectivity index (χ4v) is 4.24. The molecule has 0 saturated heterocycles. The number of nitrogens with zero attached hydrogens (tertiary/aromatic N) is 4.